The minimum atomic E-state index is -0.595. The summed E-state index contributed by atoms with van der Waals surface area (Å²) >= 11 is 5.77. The van der Waals surface area contributed by atoms with E-state index < -0.39 is 11.8 Å². The maximum absolute atomic E-state index is 11.4. The van der Waals surface area contributed by atoms with Crippen molar-refractivity contribution in [2.45, 2.75) is 13.3 Å². The number of carbonyl (C=O) groups is 2. The van der Waals surface area contributed by atoms with Crippen LogP contribution in [0.25, 0.3) is 0 Å². The molecular weight excluding hydrogens is 270 g/mol. The Bertz CT molecular complexity index is 522. The minimum Gasteiger partial charge on any atom is -0.484 e. The highest BCUT2D eigenvalue weighted by molar-refractivity contribution is 6.30. The average molecular weight is 282 g/mol. The van der Waals surface area contributed by atoms with Crippen molar-refractivity contribution in [3.05, 3.63) is 28.8 Å². The molecule has 0 saturated carbocycles. The summed E-state index contributed by atoms with van der Waals surface area (Å²) in [5.41, 5.74) is 0.272. The summed E-state index contributed by atoms with van der Waals surface area (Å²) in [4.78, 5) is 22.5. The Hall–Kier alpha value is -2.06. The minimum absolute atomic E-state index is 0.215. The van der Waals surface area contributed by atoms with Gasteiger partial charge in [0.1, 0.15) is 24.8 Å². The zero-order chi connectivity index (χ0) is 14.3. The van der Waals surface area contributed by atoms with E-state index in [-0.39, 0.29) is 30.9 Å². The van der Waals surface area contributed by atoms with E-state index in [1.54, 1.807) is 13.0 Å². The summed E-state index contributed by atoms with van der Waals surface area (Å²) in [6, 6.07) is 6.41. The van der Waals surface area contributed by atoms with E-state index in [0.29, 0.717) is 5.02 Å². The molecule has 0 saturated heterocycles. The Kier molecular flexibility index (Phi) is 5.83. The summed E-state index contributed by atoms with van der Waals surface area (Å²) in [7, 11) is 0. The SMILES string of the molecule is CCOC(=O)CC(=O)COc1cc(Cl)ccc1C#N. The van der Waals surface area contributed by atoms with Crippen molar-refractivity contribution in [1.29, 1.82) is 5.26 Å². The van der Waals surface area contributed by atoms with Crippen molar-refractivity contribution in [3.63, 3.8) is 0 Å². The van der Waals surface area contributed by atoms with Gasteiger partial charge >= 0.3 is 5.97 Å². The molecule has 0 heterocycles. The van der Waals surface area contributed by atoms with Crippen LogP contribution in [-0.4, -0.2) is 25.0 Å². The van der Waals surface area contributed by atoms with Crippen molar-refractivity contribution in [2.24, 2.45) is 0 Å². The molecule has 0 aromatic heterocycles. The van der Waals surface area contributed by atoms with Crippen LogP contribution in [0.1, 0.15) is 18.9 Å². The smallest absolute Gasteiger partial charge is 0.313 e. The van der Waals surface area contributed by atoms with E-state index >= 15 is 0 Å². The van der Waals surface area contributed by atoms with Crippen LogP contribution < -0.4 is 4.74 Å². The van der Waals surface area contributed by atoms with Gasteiger partial charge in [-0.15, -0.1) is 0 Å². The van der Waals surface area contributed by atoms with Gasteiger partial charge in [0.2, 0.25) is 0 Å². The molecule has 19 heavy (non-hydrogen) atoms. The molecule has 0 spiro atoms. The number of esters is 1. The normalized spacial score (nSPS) is 9.53. The number of hydrogen-bond acceptors (Lipinski definition) is 5. The number of benzene rings is 1. The molecule has 0 amide bonds. The Morgan fingerprint density at radius 2 is 2.16 bits per heavy atom. The zero-order valence-corrected chi connectivity index (χ0v) is 11.1. The third-order valence-corrected chi connectivity index (χ3v) is 2.33. The second kappa shape index (κ2) is 7.39. The molecule has 0 fully saturated rings. The predicted octanol–water partition coefficient (Wildman–Crippen LogP) is 2.11. The third-order valence-electron chi connectivity index (χ3n) is 2.10. The third kappa shape index (κ3) is 4.98. The quantitative estimate of drug-likeness (QED) is 0.589. The first-order valence-corrected chi connectivity index (χ1v) is 5.94. The highest BCUT2D eigenvalue weighted by Crippen LogP contribution is 2.22. The predicted molar refractivity (Wildman–Crippen MR) is 67.9 cm³/mol. The number of carbonyl (C=O) groups excluding carboxylic acids is 2. The topological polar surface area (TPSA) is 76.4 Å². The molecule has 0 aliphatic heterocycles. The first kappa shape index (κ1) is 15.0. The van der Waals surface area contributed by atoms with Crippen LogP contribution in [0, 0.1) is 11.3 Å². The van der Waals surface area contributed by atoms with Crippen LogP contribution in [0.15, 0.2) is 18.2 Å². The Morgan fingerprint density at radius 3 is 2.79 bits per heavy atom. The number of ketones is 1. The number of hydrogen-bond donors (Lipinski definition) is 0. The maximum Gasteiger partial charge on any atom is 0.313 e. The molecule has 5 nitrogen and oxygen atoms in total. The average Bonchev–Trinajstić information content (AvgIpc) is 2.36. The van der Waals surface area contributed by atoms with E-state index in [1.807, 2.05) is 6.07 Å². The van der Waals surface area contributed by atoms with E-state index in [1.165, 1.54) is 12.1 Å². The van der Waals surface area contributed by atoms with Crippen LogP contribution in [0.3, 0.4) is 0 Å². The Labute approximate surface area is 115 Å². The van der Waals surface area contributed by atoms with E-state index in [2.05, 4.69) is 4.74 Å². The molecular formula is C13H12ClNO4. The van der Waals surface area contributed by atoms with Crippen molar-refractivity contribution in [1.82, 2.24) is 0 Å². The molecule has 1 aromatic carbocycles. The van der Waals surface area contributed by atoms with Gasteiger partial charge in [-0.25, -0.2) is 0 Å². The summed E-state index contributed by atoms with van der Waals surface area (Å²) in [5, 5.41) is 9.25. The number of rotatable bonds is 6. The molecule has 0 unspecified atom stereocenters. The van der Waals surface area contributed by atoms with Crippen LogP contribution in [0.4, 0.5) is 0 Å². The first-order valence-electron chi connectivity index (χ1n) is 5.56. The van der Waals surface area contributed by atoms with Gasteiger partial charge in [0.25, 0.3) is 0 Å². The lowest BCUT2D eigenvalue weighted by atomic mass is 10.2. The van der Waals surface area contributed by atoms with Crippen molar-refractivity contribution >= 4 is 23.4 Å². The molecule has 0 bridgehead atoms. The van der Waals surface area contributed by atoms with E-state index in [9.17, 15) is 9.59 Å². The number of Topliss-reactive ketones (excluding diaryl/α,β-unsaturated/α-hetero) is 1. The van der Waals surface area contributed by atoms with Gasteiger partial charge in [0.05, 0.1) is 12.2 Å². The lowest BCUT2D eigenvalue weighted by Crippen LogP contribution is -2.17. The summed E-state index contributed by atoms with van der Waals surface area (Å²) < 4.78 is 9.83. The van der Waals surface area contributed by atoms with Crippen LogP contribution in [-0.2, 0) is 14.3 Å². The van der Waals surface area contributed by atoms with E-state index in [0.717, 1.165) is 0 Å². The monoisotopic (exact) mass is 281 g/mol. The van der Waals surface area contributed by atoms with Crippen LogP contribution >= 0.6 is 11.6 Å². The lowest BCUT2D eigenvalue weighted by molar-refractivity contribution is -0.145. The van der Waals surface area contributed by atoms with Gasteiger partial charge in [-0.3, -0.25) is 9.59 Å². The van der Waals surface area contributed by atoms with Gasteiger partial charge in [-0.1, -0.05) is 11.6 Å². The molecule has 1 rings (SSSR count). The number of nitriles is 1. The molecule has 0 radical (unpaired) electrons. The van der Waals surface area contributed by atoms with Crippen LogP contribution in [0.2, 0.25) is 5.02 Å². The molecule has 1 aromatic rings. The van der Waals surface area contributed by atoms with Crippen molar-refractivity contribution in [3.8, 4) is 11.8 Å². The summed E-state index contributed by atoms with van der Waals surface area (Å²) in [6.45, 7) is 1.57. The lowest BCUT2D eigenvalue weighted by Gasteiger charge is -2.07. The Balaban J connectivity index is 2.57. The molecule has 100 valence electrons. The molecule has 6 heteroatoms. The maximum atomic E-state index is 11.4. The molecule has 0 aliphatic carbocycles. The fraction of sp³-hybridized carbons (Fsp3) is 0.308. The number of halogens is 1. The van der Waals surface area contributed by atoms with Crippen LogP contribution in [0.5, 0.6) is 5.75 Å². The molecule has 0 aliphatic rings. The summed E-state index contributed by atoms with van der Waals surface area (Å²) in [6.07, 6.45) is -0.351. The largest absolute Gasteiger partial charge is 0.484 e. The second-order valence-electron chi connectivity index (χ2n) is 3.56. The standard InChI is InChI=1S/C13H12ClNO4/c1-2-18-13(17)6-11(16)8-19-12-5-10(14)4-3-9(12)7-15/h3-5H,2,6,8H2,1H3. The zero-order valence-electron chi connectivity index (χ0n) is 10.3. The first-order chi connectivity index (χ1) is 9.06. The number of nitrogens with zero attached hydrogens (tertiary/aromatic N) is 1. The summed E-state index contributed by atoms with van der Waals surface area (Å²) in [5.74, 6) is -0.808. The Morgan fingerprint density at radius 1 is 1.42 bits per heavy atom. The van der Waals surface area contributed by atoms with Gasteiger partial charge in [0.15, 0.2) is 5.78 Å². The molecule has 0 atom stereocenters. The van der Waals surface area contributed by atoms with Gasteiger partial charge in [-0.2, -0.15) is 5.26 Å². The molecule has 0 N–H and O–H groups in total. The van der Waals surface area contributed by atoms with Crippen molar-refractivity contribution < 1.29 is 19.1 Å². The van der Waals surface area contributed by atoms with E-state index in [4.69, 9.17) is 21.6 Å². The van der Waals surface area contributed by atoms with Gasteiger partial charge in [-0.05, 0) is 19.1 Å². The highest BCUT2D eigenvalue weighted by Gasteiger charge is 2.12. The highest BCUT2D eigenvalue weighted by atomic mass is 35.5. The van der Waals surface area contributed by atoms with Gasteiger partial charge < -0.3 is 9.47 Å². The van der Waals surface area contributed by atoms with Gasteiger partial charge in [0, 0.05) is 11.1 Å². The fourth-order valence-corrected chi connectivity index (χ4v) is 1.45. The van der Waals surface area contributed by atoms with Crippen molar-refractivity contribution in [2.75, 3.05) is 13.2 Å². The number of ether oxygens (including phenoxy) is 2. The second-order valence-corrected chi connectivity index (χ2v) is 4.00. The fourth-order valence-electron chi connectivity index (χ4n) is 1.29.